The van der Waals surface area contributed by atoms with Crippen molar-refractivity contribution < 1.29 is 13.2 Å². The highest BCUT2D eigenvalue weighted by molar-refractivity contribution is 5.27. The summed E-state index contributed by atoms with van der Waals surface area (Å²) in [5, 5.41) is 0. The van der Waals surface area contributed by atoms with Crippen molar-refractivity contribution in [1.82, 2.24) is 0 Å². The van der Waals surface area contributed by atoms with Gasteiger partial charge in [0.05, 0.1) is 5.56 Å². The predicted octanol–water partition coefficient (Wildman–Crippen LogP) is 3.38. The molecule has 0 spiro atoms. The summed E-state index contributed by atoms with van der Waals surface area (Å²) in [6.45, 7) is 1.93. The molecule has 17 heavy (non-hydrogen) atoms. The Bertz CT molecular complexity index is 405. The maximum absolute atomic E-state index is 12.6. The van der Waals surface area contributed by atoms with E-state index in [1.165, 1.54) is 12.1 Å². The number of alkyl halides is 3. The molecule has 2 rings (SSSR count). The van der Waals surface area contributed by atoms with Gasteiger partial charge >= 0.3 is 6.18 Å². The van der Waals surface area contributed by atoms with Crippen LogP contribution in [0.15, 0.2) is 24.3 Å². The van der Waals surface area contributed by atoms with E-state index in [-0.39, 0.29) is 11.5 Å². The van der Waals surface area contributed by atoms with Crippen molar-refractivity contribution in [3.8, 4) is 0 Å². The first-order chi connectivity index (χ1) is 7.83. The van der Waals surface area contributed by atoms with E-state index >= 15 is 0 Å². The minimum Gasteiger partial charge on any atom is -0.327 e. The Balaban J connectivity index is 2.18. The van der Waals surface area contributed by atoms with E-state index in [0.29, 0.717) is 6.42 Å². The third-order valence-corrected chi connectivity index (χ3v) is 3.67. The van der Waals surface area contributed by atoms with Crippen LogP contribution in [0.4, 0.5) is 13.2 Å². The van der Waals surface area contributed by atoms with E-state index in [2.05, 4.69) is 0 Å². The van der Waals surface area contributed by atoms with E-state index in [1.54, 1.807) is 6.07 Å². The molecule has 0 heterocycles. The highest BCUT2D eigenvalue weighted by Gasteiger charge is 2.45. The molecule has 94 valence electrons. The van der Waals surface area contributed by atoms with Crippen molar-refractivity contribution in [2.45, 2.75) is 38.4 Å². The third kappa shape index (κ3) is 2.63. The van der Waals surface area contributed by atoms with Gasteiger partial charge in [-0.3, -0.25) is 0 Å². The summed E-state index contributed by atoms with van der Waals surface area (Å²) >= 11 is 0. The van der Waals surface area contributed by atoms with Crippen molar-refractivity contribution in [2.75, 3.05) is 0 Å². The summed E-state index contributed by atoms with van der Waals surface area (Å²) in [5.74, 6) is 0. The van der Waals surface area contributed by atoms with Crippen LogP contribution >= 0.6 is 0 Å². The van der Waals surface area contributed by atoms with Gasteiger partial charge in [0.25, 0.3) is 0 Å². The predicted molar refractivity (Wildman–Crippen MR) is 60.5 cm³/mol. The first-order valence-corrected chi connectivity index (χ1v) is 5.75. The maximum atomic E-state index is 12.6. The van der Waals surface area contributed by atoms with Crippen molar-refractivity contribution in [3.63, 3.8) is 0 Å². The first kappa shape index (κ1) is 12.4. The fourth-order valence-electron chi connectivity index (χ4n) is 2.22. The van der Waals surface area contributed by atoms with Crippen LogP contribution in [0.1, 0.15) is 30.9 Å². The van der Waals surface area contributed by atoms with Gasteiger partial charge in [-0.15, -0.1) is 0 Å². The lowest BCUT2D eigenvalue weighted by Crippen LogP contribution is -2.29. The zero-order chi connectivity index (χ0) is 12.7. The number of halogens is 3. The van der Waals surface area contributed by atoms with Crippen molar-refractivity contribution in [3.05, 3.63) is 35.4 Å². The van der Waals surface area contributed by atoms with Crippen LogP contribution in [-0.2, 0) is 12.6 Å². The molecule has 0 saturated heterocycles. The minimum atomic E-state index is -4.26. The van der Waals surface area contributed by atoms with E-state index in [0.717, 1.165) is 24.5 Å². The van der Waals surface area contributed by atoms with Crippen LogP contribution in [0, 0.1) is 5.41 Å². The molecule has 1 aliphatic rings. The number of benzene rings is 1. The van der Waals surface area contributed by atoms with Crippen LogP contribution < -0.4 is 5.73 Å². The van der Waals surface area contributed by atoms with Gasteiger partial charge in [0.15, 0.2) is 0 Å². The quantitative estimate of drug-likeness (QED) is 0.865. The molecule has 1 aromatic carbocycles. The summed E-state index contributed by atoms with van der Waals surface area (Å²) < 4.78 is 37.7. The Morgan fingerprint density at radius 1 is 1.35 bits per heavy atom. The molecule has 4 heteroatoms. The molecule has 0 aromatic heterocycles. The van der Waals surface area contributed by atoms with Crippen LogP contribution in [0.3, 0.4) is 0 Å². The Morgan fingerprint density at radius 2 is 2.00 bits per heavy atom. The second kappa shape index (κ2) is 4.02. The van der Waals surface area contributed by atoms with E-state index in [9.17, 15) is 13.2 Å². The highest BCUT2D eigenvalue weighted by atomic mass is 19.4. The van der Waals surface area contributed by atoms with E-state index in [1.807, 2.05) is 6.92 Å². The van der Waals surface area contributed by atoms with Gasteiger partial charge in [0.2, 0.25) is 0 Å². The number of rotatable bonds is 3. The lowest BCUT2D eigenvalue weighted by Gasteiger charge is -2.20. The van der Waals surface area contributed by atoms with E-state index < -0.39 is 11.7 Å². The zero-order valence-electron chi connectivity index (χ0n) is 9.72. The van der Waals surface area contributed by atoms with Crippen LogP contribution in [0.2, 0.25) is 0 Å². The lowest BCUT2D eigenvalue weighted by molar-refractivity contribution is -0.137. The molecule has 0 amide bonds. The largest absolute Gasteiger partial charge is 0.416 e. The Labute approximate surface area is 98.8 Å². The van der Waals surface area contributed by atoms with Gasteiger partial charge in [-0.2, -0.15) is 13.2 Å². The third-order valence-electron chi connectivity index (χ3n) is 3.67. The van der Waals surface area contributed by atoms with Crippen molar-refractivity contribution in [1.29, 1.82) is 0 Å². The summed E-state index contributed by atoms with van der Waals surface area (Å²) in [4.78, 5) is 0. The Kier molecular flexibility index (Phi) is 2.94. The maximum Gasteiger partial charge on any atom is 0.416 e. The van der Waals surface area contributed by atoms with Gasteiger partial charge in [0.1, 0.15) is 0 Å². The molecule has 0 bridgehead atoms. The molecule has 1 atom stereocenters. The summed E-state index contributed by atoms with van der Waals surface area (Å²) in [5.41, 5.74) is 6.07. The summed E-state index contributed by atoms with van der Waals surface area (Å²) in [7, 11) is 0. The van der Waals surface area contributed by atoms with Gasteiger partial charge < -0.3 is 5.73 Å². The summed E-state index contributed by atoms with van der Waals surface area (Å²) in [6, 6.07) is 5.60. The Hall–Kier alpha value is -1.03. The number of hydrogen-bond donors (Lipinski definition) is 1. The second-order valence-electron chi connectivity index (χ2n) is 5.03. The molecule has 1 fully saturated rings. The second-order valence-corrected chi connectivity index (χ2v) is 5.03. The van der Waals surface area contributed by atoms with Gasteiger partial charge in [0, 0.05) is 6.04 Å². The normalized spacial score (nSPS) is 20.1. The molecular weight excluding hydrogens is 227 g/mol. The standard InChI is InChI=1S/C13H16F3N/c1-9(17)12(5-6-12)8-10-3-2-4-11(7-10)13(14,15)16/h2-4,7,9H,5-6,8,17H2,1H3. The smallest absolute Gasteiger partial charge is 0.327 e. The molecule has 1 saturated carbocycles. The monoisotopic (exact) mass is 243 g/mol. The average molecular weight is 243 g/mol. The van der Waals surface area contributed by atoms with Crippen molar-refractivity contribution >= 4 is 0 Å². The van der Waals surface area contributed by atoms with E-state index in [4.69, 9.17) is 5.73 Å². The summed E-state index contributed by atoms with van der Waals surface area (Å²) in [6.07, 6.45) is -1.59. The van der Waals surface area contributed by atoms with Gasteiger partial charge in [-0.05, 0) is 43.2 Å². The number of hydrogen-bond acceptors (Lipinski definition) is 1. The number of nitrogens with two attached hydrogens (primary N) is 1. The molecule has 2 N–H and O–H groups in total. The fourth-order valence-corrected chi connectivity index (χ4v) is 2.22. The van der Waals surface area contributed by atoms with Gasteiger partial charge in [-0.1, -0.05) is 18.2 Å². The zero-order valence-corrected chi connectivity index (χ0v) is 9.72. The average Bonchev–Trinajstić information content (AvgIpc) is 2.98. The fraction of sp³-hybridized carbons (Fsp3) is 0.538. The molecule has 1 aliphatic carbocycles. The Morgan fingerprint density at radius 3 is 2.47 bits per heavy atom. The molecule has 1 nitrogen and oxygen atoms in total. The van der Waals surface area contributed by atoms with Crippen LogP contribution in [-0.4, -0.2) is 6.04 Å². The topological polar surface area (TPSA) is 26.0 Å². The molecular formula is C13H16F3N. The van der Waals surface area contributed by atoms with Crippen LogP contribution in [0.25, 0.3) is 0 Å². The first-order valence-electron chi connectivity index (χ1n) is 5.75. The molecule has 0 aliphatic heterocycles. The SMILES string of the molecule is CC(N)C1(Cc2cccc(C(F)(F)F)c2)CC1. The van der Waals surface area contributed by atoms with Gasteiger partial charge in [-0.25, -0.2) is 0 Å². The minimum absolute atomic E-state index is 0.0320. The molecule has 0 radical (unpaired) electrons. The molecule has 1 aromatic rings. The molecule has 1 unspecified atom stereocenters. The lowest BCUT2D eigenvalue weighted by atomic mass is 9.90. The van der Waals surface area contributed by atoms with Crippen LogP contribution in [0.5, 0.6) is 0 Å². The van der Waals surface area contributed by atoms with Crippen molar-refractivity contribution in [2.24, 2.45) is 11.1 Å². The highest BCUT2D eigenvalue weighted by Crippen LogP contribution is 2.50.